The highest BCUT2D eigenvalue weighted by molar-refractivity contribution is 5.85. The molecule has 0 aliphatic carbocycles. The first-order valence-electron chi connectivity index (χ1n) is 4.98. The van der Waals surface area contributed by atoms with Gasteiger partial charge in [-0.3, -0.25) is 4.68 Å². The second-order valence-electron chi connectivity index (χ2n) is 3.60. The second-order valence-corrected chi connectivity index (χ2v) is 3.60. The normalized spacial score (nSPS) is 10.1. The van der Waals surface area contributed by atoms with Crippen molar-refractivity contribution in [1.29, 1.82) is 0 Å². The average Bonchev–Trinajstić information content (AvgIpc) is 2.77. The van der Waals surface area contributed by atoms with Gasteiger partial charge in [0.05, 0.1) is 18.5 Å². The van der Waals surface area contributed by atoms with Crippen LogP contribution >= 0.6 is 12.4 Å². The van der Waals surface area contributed by atoms with Gasteiger partial charge in [-0.2, -0.15) is 5.10 Å². The number of halogens is 1. The Labute approximate surface area is 101 Å². The summed E-state index contributed by atoms with van der Waals surface area (Å²) in [6, 6.07) is 3.86. The van der Waals surface area contributed by atoms with Crippen LogP contribution in [0.25, 0.3) is 0 Å². The average molecular weight is 242 g/mol. The van der Waals surface area contributed by atoms with Gasteiger partial charge in [0, 0.05) is 25.4 Å². The molecular weight excluding hydrogens is 226 g/mol. The highest BCUT2D eigenvalue weighted by Crippen LogP contribution is 2.05. The zero-order valence-corrected chi connectivity index (χ0v) is 10.3. The van der Waals surface area contributed by atoms with Gasteiger partial charge < -0.3 is 9.73 Å². The summed E-state index contributed by atoms with van der Waals surface area (Å²) in [5.74, 6) is 0.955. The number of rotatable bonds is 4. The van der Waals surface area contributed by atoms with Crippen molar-refractivity contribution in [1.82, 2.24) is 15.1 Å². The Morgan fingerprint density at radius 2 is 2.25 bits per heavy atom. The summed E-state index contributed by atoms with van der Waals surface area (Å²) in [7, 11) is 1.93. The van der Waals surface area contributed by atoms with Crippen LogP contribution < -0.4 is 5.32 Å². The summed E-state index contributed by atoms with van der Waals surface area (Å²) >= 11 is 0. The van der Waals surface area contributed by atoms with E-state index < -0.39 is 0 Å². The Hall–Kier alpha value is -1.26. The zero-order valence-electron chi connectivity index (χ0n) is 9.43. The van der Waals surface area contributed by atoms with Crippen molar-refractivity contribution in [2.45, 2.75) is 20.0 Å². The lowest BCUT2D eigenvalue weighted by Gasteiger charge is -2.00. The molecule has 0 fully saturated rings. The molecule has 0 spiro atoms. The van der Waals surface area contributed by atoms with Crippen LogP contribution in [0.2, 0.25) is 0 Å². The number of furan rings is 1. The van der Waals surface area contributed by atoms with Crippen LogP contribution in [0.15, 0.2) is 29.0 Å². The number of aryl methyl sites for hydroxylation is 2. The van der Waals surface area contributed by atoms with Gasteiger partial charge in [0.15, 0.2) is 0 Å². The fourth-order valence-electron chi connectivity index (χ4n) is 1.56. The van der Waals surface area contributed by atoms with Crippen LogP contribution in [0.5, 0.6) is 0 Å². The maximum absolute atomic E-state index is 5.22. The first-order valence-corrected chi connectivity index (χ1v) is 4.98. The zero-order chi connectivity index (χ0) is 10.7. The standard InChI is InChI=1S/C11H15N3O.ClH/c1-9-10(8-14(2)13-9)6-12-7-11-4-3-5-15-11;/h3-5,8,12H,6-7H2,1-2H3;1H. The highest BCUT2D eigenvalue weighted by atomic mass is 35.5. The molecule has 0 aliphatic heterocycles. The van der Waals surface area contributed by atoms with Gasteiger partial charge in [-0.15, -0.1) is 12.4 Å². The molecular formula is C11H16ClN3O. The molecule has 0 saturated carbocycles. The van der Waals surface area contributed by atoms with Crippen LogP contribution in [0.4, 0.5) is 0 Å². The molecule has 2 aromatic heterocycles. The molecule has 4 nitrogen and oxygen atoms in total. The third kappa shape index (κ3) is 3.12. The van der Waals surface area contributed by atoms with Crippen molar-refractivity contribution in [2.24, 2.45) is 7.05 Å². The van der Waals surface area contributed by atoms with Crippen LogP contribution in [-0.4, -0.2) is 9.78 Å². The Morgan fingerprint density at radius 1 is 1.44 bits per heavy atom. The second kappa shape index (κ2) is 5.72. The van der Waals surface area contributed by atoms with Crippen LogP contribution in [-0.2, 0) is 20.1 Å². The van der Waals surface area contributed by atoms with E-state index in [1.807, 2.05) is 37.0 Å². The lowest BCUT2D eigenvalue weighted by Crippen LogP contribution is -2.12. The summed E-state index contributed by atoms with van der Waals surface area (Å²) in [5, 5.41) is 7.59. The molecule has 0 bridgehead atoms. The Kier molecular flexibility index (Phi) is 4.58. The molecule has 1 N–H and O–H groups in total. The molecule has 0 aromatic carbocycles. The summed E-state index contributed by atoms with van der Waals surface area (Å²) < 4.78 is 7.06. The summed E-state index contributed by atoms with van der Waals surface area (Å²) in [6.45, 7) is 3.59. The number of hydrogen-bond donors (Lipinski definition) is 1. The first-order chi connectivity index (χ1) is 7.25. The highest BCUT2D eigenvalue weighted by Gasteiger charge is 2.02. The quantitative estimate of drug-likeness (QED) is 0.891. The lowest BCUT2D eigenvalue weighted by molar-refractivity contribution is 0.483. The lowest BCUT2D eigenvalue weighted by atomic mass is 10.2. The molecule has 2 heterocycles. The van der Waals surface area contributed by atoms with Crippen molar-refractivity contribution in [2.75, 3.05) is 0 Å². The predicted molar refractivity (Wildman–Crippen MR) is 64.4 cm³/mol. The van der Waals surface area contributed by atoms with Crippen molar-refractivity contribution >= 4 is 12.4 Å². The van der Waals surface area contributed by atoms with Gasteiger partial charge in [0.2, 0.25) is 0 Å². The van der Waals surface area contributed by atoms with Crippen molar-refractivity contribution in [3.05, 3.63) is 41.6 Å². The number of nitrogens with zero attached hydrogens (tertiary/aromatic N) is 2. The largest absolute Gasteiger partial charge is 0.468 e. The van der Waals surface area contributed by atoms with E-state index in [9.17, 15) is 0 Å². The minimum atomic E-state index is 0. The molecule has 0 unspecified atom stereocenters. The molecule has 0 aliphatic rings. The van der Waals surface area contributed by atoms with Crippen LogP contribution in [0, 0.1) is 6.92 Å². The topological polar surface area (TPSA) is 43.0 Å². The number of aromatic nitrogens is 2. The molecule has 2 aromatic rings. The van der Waals surface area contributed by atoms with Crippen molar-refractivity contribution in [3.8, 4) is 0 Å². The molecule has 2 rings (SSSR count). The van der Waals surface area contributed by atoms with Crippen molar-refractivity contribution < 1.29 is 4.42 Å². The predicted octanol–water partition coefficient (Wildman–Crippen LogP) is 2.03. The SMILES string of the molecule is Cc1nn(C)cc1CNCc1ccco1.Cl. The minimum Gasteiger partial charge on any atom is -0.468 e. The molecule has 88 valence electrons. The van der Waals surface area contributed by atoms with E-state index in [0.717, 1.165) is 24.5 Å². The molecule has 16 heavy (non-hydrogen) atoms. The maximum Gasteiger partial charge on any atom is 0.117 e. The van der Waals surface area contributed by atoms with Gasteiger partial charge in [0.25, 0.3) is 0 Å². The molecule has 0 atom stereocenters. The van der Waals surface area contributed by atoms with E-state index in [2.05, 4.69) is 10.4 Å². The van der Waals surface area contributed by atoms with E-state index in [1.165, 1.54) is 5.56 Å². The van der Waals surface area contributed by atoms with E-state index >= 15 is 0 Å². The van der Waals surface area contributed by atoms with Gasteiger partial charge in [-0.1, -0.05) is 0 Å². The van der Waals surface area contributed by atoms with Crippen LogP contribution in [0.1, 0.15) is 17.0 Å². The van der Waals surface area contributed by atoms with E-state index in [1.54, 1.807) is 6.26 Å². The Balaban J connectivity index is 0.00000128. The third-order valence-electron chi connectivity index (χ3n) is 2.31. The van der Waals surface area contributed by atoms with E-state index in [-0.39, 0.29) is 12.4 Å². The molecule has 0 amide bonds. The fraction of sp³-hybridized carbons (Fsp3) is 0.364. The summed E-state index contributed by atoms with van der Waals surface area (Å²) in [5.41, 5.74) is 2.30. The third-order valence-corrected chi connectivity index (χ3v) is 2.31. The monoisotopic (exact) mass is 241 g/mol. The van der Waals surface area contributed by atoms with Gasteiger partial charge in [-0.25, -0.2) is 0 Å². The van der Waals surface area contributed by atoms with Crippen molar-refractivity contribution in [3.63, 3.8) is 0 Å². The van der Waals surface area contributed by atoms with Crippen LogP contribution in [0.3, 0.4) is 0 Å². The summed E-state index contributed by atoms with van der Waals surface area (Å²) in [4.78, 5) is 0. The first kappa shape index (κ1) is 12.8. The molecule has 5 heteroatoms. The molecule has 0 saturated heterocycles. The maximum atomic E-state index is 5.22. The van der Waals surface area contributed by atoms with E-state index in [0.29, 0.717) is 0 Å². The fourth-order valence-corrected chi connectivity index (χ4v) is 1.56. The van der Waals surface area contributed by atoms with E-state index in [4.69, 9.17) is 4.42 Å². The molecule has 0 radical (unpaired) electrons. The Bertz CT molecular complexity index is 422. The van der Waals surface area contributed by atoms with Gasteiger partial charge in [-0.05, 0) is 19.1 Å². The van der Waals surface area contributed by atoms with Gasteiger partial charge >= 0.3 is 0 Å². The summed E-state index contributed by atoms with van der Waals surface area (Å²) in [6.07, 6.45) is 3.72. The minimum absolute atomic E-state index is 0. The number of nitrogens with one attached hydrogen (secondary N) is 1. The Morgan fingerprint density at radius 3 is 2.81 bits per heavy atom. The van der Waals surface area contributed by atoms with Gasteiger partial charge in [0.1, 0.15) is 5.76 Å². The smallest absolute Gasteiger partial charge is 0.117 e. The number of hydrogen-bond acceptors (Lipinski definition) is 3.